The number of amides is 1. The maximum Gasteiger partial charge on any atom is 0.274 e. The summed E-state index contributed by atoms with van der Waals surface area (Å²) in [5.74, 6) is 1.57. The van der Waals surface area contributed by atoms with Crippen molar-refractivity contribution in [2.75, 3.05) is 5.32 Å². The second-order valence-corrected chi connectivity index (χ2v) is 7.26. The molecule has 0 aliphatic heterocycles. The van der Waals surface area contributed by atoms with E-state index in [0.717, 1.165) is 29.2 Å². The van der Waals surface area contributed by atoms with Crippen LogP contribution in [0.4, 0.5) is 5.69 Å². The van der Waals surface area contributed by atoms with Gasteiger partial charge in [0.05, 0.1) is 0 Å². The minimum Gasteiger partial charge on any atom is -0.321 e. The number of anilines is 1. The number of carbonyl (C=O) groups is 1. The highest BCUT2D eigenvalue weighted by atomic mass is 16.1. The molecule has 1 aliphatic carbocycles. The summed E-state index contributed by atoms with van der Waals surface area (Å²) in [6.45, 7) is 2.15. The van der Waals surface area contributed by atoms with E-state index in [4.69, 9.17) is 0 Å². The molecule has 1 atom stereocenters. The summed E-state index contributed by atoms with van der Waals surface area (Å²) < 4.78 is 1.93. The Kier molecular flexibility index (Phi) is 4.71. The number of nitrogens with one attached hydrogen (secondary N) is 1. The summed E-state index contributed by atoms with van der Waals surface area (Å²) >= 11 is 0. The predicted octanol–water partition coefficient (Wildman–Crippen LogP) is 3.69. The highest BCUT2D eigenvalue weighted by molar-refractivity contribution is 6.02. The van der Waals surface area contributed by atoms with Crippen LogP contribution in [0, 0.1) is 0 Å². The van der Waals surface area contributed by atoms with Gasteiger partial charge in [0.25, 0.3) is 5.91 Å². The Morgan fingerprint density at radius 2 is 2.07 bits per heavy atom. The number of pyridine rings is 1. The van der Waals surface area contributed by atoms with Gasteiger partial charge < -0.3 is 9.88 Å². The van der Waals surface area contributed by atoms with Crippen molar-refractivity contribution in [1.82, 2.24) is 19.7 Å². The minimum atomic E-state index is -0.171. The fourth-order valence-electron chi connectivity index (χ4n) is 3.19. The topological polar surface area (TPSA) is 72.7 Å². The molecular formula is C21H23N5O. The largest absolute Gasteiger partial charge is 0.321 e. The molecule has 1 N–H and O–H groups in total. The van der Waals surface area contributed by atoms with E-state index in [0.29, 0.717) is 11.6 Å². The van der Waals surface area contributed by atoms with Crippen molar-refractivity contribution in [3.05, 3.63) is 71.6 Å². The van der Waals surface area contributed by atoms with Crippen LogP contribution in [0.1, 0.15) is 59.2 Å². The first-order valence-electron chi connectivity index (χ1n) is 9.31. The molecule has 6 nitrogen and oxygen atoms in total. The Morgan fingerprint density at radius 1 is 1.26 bits per heavy atom. The standard InChI is InChI=1S/C21H23N5O/c1-14(11-20-25-22-13-26(20)2)16-5-3-6-17(12-16)23-21(27)19-8-4-7-18(24-19)15-9-10-15/h3-8,12-15H,9-11H2,1-2H3,(H,23,27)/t14-/m1/s1. The molecule has 2 aromatic heterocycles. The van der Waals surface area contributed by atoms with Crippen molar-refractivity contribution in [3.8, 4) is 0 Å². The molecule has 0 radical (unpaired) electrons. The van der Waals surface area contributed by atoms with Gasteiger partial charge in [0, 0.05) is 30.8 Å². The molecule has 1 fully saturated rings. The molecule has 27 heavy (non-hydrogen) atoms. The molecule has 0 bridgehead atoms. The smallest absolute Gasteiger partial charge is 0.274 e. The van der Waals surface area contributed by atoms with Gasteiger partial charge in [-0.1, -0.05) is 25.1 Å². The average Bonchev–Trinajstić information content (AvgIpc) is 3.46. The normalized spacial score (nSPS) is 14.7. The number of nitrogens with zero attached hydrogens (tertiary/aromatic N) is 4. The quantitative estimate of drug-likeness (QED) is 0.727. The molecule has 3 aromatic rings. The number of aromatic nitrogens is 4. The Labute approximate surface area is 158 Å². The Morgan fingerprint density at radius 3 is 2.81 bits per heavy atom. The summed E-state index contributed by atoms with van der Waals surface area (Å²) in [5, 5.41) is 11.1. The minimum absolute atomic E-state index is 0.171. The van der Waals surface area contributed by atoms with Crippen molar-refractivity contribution >= 4 is 11.6 Å². The number of hydrogen-bond donors (Lipinski definition) is 1. The lowest BCUT2D eigenvalue weighted by Crippen LogP contribution is -2.14. The SMILES string of the molecule is C[C@H](Cc1nncn1C)c1cccc(NC(=O)c2cccc(C3CC3)n2)c1. The lowest BCUT2D eigenvalue weighted by Gasteiger charge is -2.13. The highest BCUT2D eigenvalue weighted by Crippen LogP contribution is 2.38. The maximum absolute atomic E-state index is 12.6. The van der Waals surface area contributed by atoms with E-state index in [1.54, 1.807) is 12.4 Å². The van der Waals surface area contributed by atoms with Gasteiger partial charge in [0.1, 0.15) is 17.8 Å². The van der Waals surface area contributed by atoms with E-state index in [1.165, 1.54) is 12.8 Å². The molecule has 0 saturated heterocycles. The van der Waals surface area contributed by atoms with Crippen LogP contribution in [0.25, 0.3) is 0 Å². The van der Waals surface area contributed by atoms with Crippen molar-refractivity contribution in [1.29, 1.82) is 0 Å². The second kappa shape index (κ2) is 7.31. The number of rotatable bonds is 6. The third-order valence-corrected chi connectivity index (χ3v) is 5.01. The average molecular weight is 361 g/mol. The molecule has 1 amide bonds. The summed E-state index contributed by atoms with van der Waals surface area (Å²) in [6.07, 6.45) is 4.84. The van der Waals surface area contributed by atoms with Crippen LogP contribution < -0.4 is 5.32 Å². The van der Waals surface area contributed by atoms with Crippen molar-refractivity contribution < 1.29 is 4.79 Å². The van der Waals surface area contributed by atoms with E-state index in [2.05, 4.69) is 33.5 Å². The van der Waals surface area contributed by atoms with Crippen LogP contribution in [0.3, 0.4) is 0 Å². The lowest BCUT2D eigenvalue weighted by molar-refractivity contribution is 0.102. The Bertz CT molecular complexity index is 960. The van der Waals surface area contributed by atoms with Gasteiger partial charge in [-0.2, -0.15) is 0 Å². The second-order valence-electron chi connectivity index (χ2n) is 7.26. The van der Waals surface area contributed by atoms with E-state index in [1.807, 2.05) is 41.9 Å². The molecular weight excluding hydrogens is 338 g/mol. The number of aryl methyl sites for hydroxylation is 1. The summed E-state index contributed by atoms with van der Waals surface area (Å²) in [6, 6.07) is 13.6. The maximum atomic E-state index is 12.6. The molecule has 0 unspecified atom stereocenters. The van der Waals surface area contributed by atoms with Crippen molar-refractivity contribution in [2.24, 2.45) is 7.05 Å². The zero-order valence-corrected chi connectivity index (χ0v) is 15.6. The van der Waals surface area contributed by atoms with Gasteiger partial charge in [0.15, 0.2) is 0 Å². The van der Waals surface area contributed by atoms with Crippen LogP contribution in [0.15, 0.2) is 48.8 Å². The summed E-state index contributed by atoms with van der Waals surface area (Å²) in [7, 11) is 1.95. The highest BCUT2D eigenvalue weighted by Gasteiger charge is 2.25. The first-order chi connectivity index (χ1) is 13.1. The number of benzene rings is 1. The zero-order chi connectivity index (χ0) is 18.8. The van der Waals surface area contributed by atoms with E-state index < -0.39 is 0 Å². The molecule has 1 aliphatic rings. The Hall–Kier alpha value is -3.02. The first-order valence-corrected chi connectivity index (χ1v) is 9.31. The van der Waals surface area contributed by atoms with Crippen LogP contribution in [-0.2, 0) is 13.5 Å². The molecule has 2 heterocycles. The predicted molar refractivity (Wildman–Crippen MR) is 104 cm³/mol. The third-order valence-electron chi connectivity index (χ3n) is 5.01. The summed E-state index contributed by atoms with van der Waals surface area (Å²) in [5.41, 5.74) is 3.42. The fourth-order valence-corrected chi connectivity index (χ4v) is 3.19. The number of hydrogen-bond acceptors (Lipinski definition) is 4. The van der Waals surface area contributed by atoms with Gasteiger partial charge in [-0.25, -0.2) is 4.98 Å². The van der Waals surface area contributed by atoms with Gasteiger partial charge in [-0.15, -0.1) is 10.2 Å². The molecule has 4 rings (SSSR count). The fraction of sp³-hybridized carbons (Fsp3) is 0.333. The van der Waals surface area contributed by atoms with Gasteiger partial charge in [-0.3, -0.25) is 4.79 Å². The zero-order valence-electron chi connectivity index (χ0n) is 15.6. The van der Waals surface area contributed by atoms with Crippen LogP contribution >= 0.6 is 0 Å². The van der Waals surface area contributed by atoms with Crippen LogP contribution in [0.2, 0.25) is 0 Å². The third kappa shape index (κ3) is 4.05. The first kappa shape index (κ1) is 17.4. The van der Waals surface area contributed by atoms with E-state index in [9.17, 15) is 4.79 Å². The number of carbonyl (C=O) groups excluding carboxylic acids is 1. The van der Waals surface area contributed by atoms with Crippen molar-refractivity contribution in [3.63, 3.8) is 0 Å². The van der Waals surface area contributed by atoms with Gasteiger partial charge in [0.2, 0.25) is 0 Å². The molecule has 6 heteroatoms. The van der Waals surface area contributed by atoms with Gasteiger partial charge >= 0.3 is 0 Å². The molecule has 1 saturated carbocycles. The van der Waals surface area contributed by atoms with Crippen LogP contribution in [-0.4, -0.2) is 25.7 Å². The lowest BCUT2D eigenvalue weighted by atomic mass is 9.97. The summed E-state index contributed by atoms with van der Waals surface area (Å²) in [4.78, 5) is 17.1. The monoisotopic (exact) mass is 361 g/mol. The van der Waals surface area contributed by atoms with Crippen molar-refractivity contribution in [2.45, 2.75) is 38.0 Å². The molecule has 138 valence electrons. The van der Waals surface area contributed by atoms with E-state index in [-0.39, 0.29) is 11.8 Å². The van der Waals surface area contributed by atoms with E-state index >= 15 is 0 Å². The van der Waals surface area contributed by atoms with Gasteiger partial charge in [-0.05, 0) is 48.6 Å². The molecule has 0 spiro atoms. The molecule has 1 aromatic carbocycles. The van der Waals surface area contributed by atoms with Crippen LogP contribution in [0.5, 0.6) is 0 Å². The Balaban J connectivity index is 1.46.